The summed E-state index contributed by atoms with van der Waals surface area (Å²) < 4.78 is 0. The van der Waals surface area contributed by atoms with E-state index in [1.807, 2.05) is 0 Å². The van der Waals surface area contributed by atoms with Crippen LogP contribution in [0.2, 0.25) is 0 Å². The second kappa shape index (κ2) is 6.92. The van der Waals surface area contributed by atoms with Crippen molar-refractivity contribution in [3.63, 3.8) is 0 Å². The Hall–Kier alpha value is 0.456. The van der Waals surface area contributed by atoms with Crippen molar-refractivity contribution < 1.29 is 29.7 Å². The Morgan fingerprint density at radius 3 is 1.75 bits per heavy atom. The van der Waals surface area contributed by atoms with E-state index in [0.29, 0.717) is 0 Å². The van der Waals surface area contributed by atoms with Gasteiger partial charge < -0.3 is 15.3 Å². The third-order valence-corrected chi connectivity index (χ3v) is 0.930. The summed E-state index contributed by atoms with van der Waals surface area (Å²) in [5.74, 6) is 1.07. The number of carbonyl (C=O) groups is 2. The van der Waals surface area contributed by atoms with Gasteiger partial charge in [0.2, 0.25) is 6.10 Å². The Morgan fingerprint density at radius 1 is 1.25 bits per heavy atom. The van der Waals surface area contributed by atoms with Crippen molar-refractivity contribution >= 4 is 63.3 Å². The number of rotatable bonds is 4. The van der Waals surface area contributed by atoms with Crippen LogP contribution in [0.5, 0.6) is 0 Å². The number of hydrogen-bond acceptors (Lipinski definition) is 5. The van der Waals surface area contributed by atoms with Gasteiger partial charge in [0.1, 0.15) is 0 Å². The van der Waals surface area contributed by atoms with Gasteiger partial charge in [-0.25, -0.2) is 15.5 Å². The molecular weight excluding hydrogens is 197 g/mol. The Balaban J connectivity index is 0. The first-order valence-corrected chi connectivity index (χ1v) is 2.50. The third-order valence-electron chi connectivity index (χ3n) is 0.930. The SMILES string of the molecule is NOC(C(=O)O)C(O)C(=O)O.[KH]. The molecule has 0 amide bonds. The molecule has 0 aromatic carbocycles. The molecule has 0 aromatic heterocycles. The molecule has 0 fully saturated rings. The number of nitrogens with two attached hydrogens (primary N) is 1. The maximum atomic E-state index is 10.0. The van der Waals surface area contributed by atoms with E-state index >= 15 is 0 Å². The Kier molecular flexibility index (Phi) is 8.62. The molecule has 7 nitrogen and oxygen atoms in total. The molecule has 0 aliphatic rings. The van der Waals surface area contributed by atoms with Gasteiger partial charge in [-0.2, -0.15) is 0 Å². The Labute approximate surface area is 110 Å². The maximum absolute atomic E-state index is 10.0. The van der Waals surface area contributed by atoms with Gasteiger partial charge in [0.15, 0.2) is 6.10 Å². The molecule has 2 atom stereocenters. The van der Waals surface area contributed by atoms with Gasteiger partial charge in [0.05, 0.1) is 0 Å². The van der Waals surface area contributed by atoms with E-state index in [0.717, 1.165) is 0 Å². The van der Waals surface area contributed by atoms with E-state index in [-0.39, 0.29) is 51.4 Å². The van der Waals surface area contributed by atoms with Crippen molar-refractivity contribution in [1.82, 2.24) is 0 Å². The predicted octanol–water partition coefficient (Wildman–Crippen LogP) is -2.87. The third kappa shape index (κ3) is 4.47. The van der Waals surface area contributed by atoms with Crippen LogP contribution in [0.15, 0.2) is 0 Å². The van der Waals surface area contributed by atoms with Crippen LogP contribution in [0.1, 0.15) is 0 Å². The number of carboxylic acids is 2. The summed E-state index contributed by atoms with van der Waals surface area (Å²) in [6.07, 6.45) is -4.09. The molecule has 2 unspecified atom stereocenters. The van der Waals surface area contributed by atoms with Crippen LogP contribution in [-0.2, 0) is 14.4 Å². The Bertz CT molecular complexity index is 173. The summed E-state index contributed by atoms with van der Waals surface area (Å²) >= 11 is 0. The molecule has 12 heavy (non-hydrogen) atoms. The van der Waals surface area contributed by atoms with E-state index in [4.69, 9.17) is 15.3 Å². The zero-order valence-electron chi connectivity index (χ0n) is 5.30. The van der Waals surface area contributed by atoms with Gasteiger partial charge >= 0.3 is 63.3 Å². The van der Waals surface area contributed by atoms with Gasteiger partial charge in [-0.1, -0.05) is 0 Å². The molecule has 8 heteroatoms. The van der Waals surface area contributed by atoms with Gasteiger partial charge in [-0.15, -0.1) is 0 Å². The zero-order chi connectivity index (χ0) is 9.02. The molecular formula is C4H8KNO6. The van der Waals surface area contributed by atoms with Gasteiger partial charge in [-0.05, 0) is 0 Å². The molecule has 0 aromatic rings. The van der Waals surface area contributed by atoms with Crippen molar-refractivity contribution in [2.24, 2.45) is 5.90 Å². The van der Waals surface area contributed by atoms with Crippen molar-refractivity contribution in [3.8, 4) is 0 Å². The molecule has 0 bridgehead atoms. The first-order valence-electron chi connectivity index (χ1n) is 2.50. The van der Waals surface area contributed by atoms with Crippen LogP contribution >= 0.6 is 0 Å². The fourth-order valence-corrected chi connectivity index (χ4v) is 0.397. The Morgan fingerprint density at radius 2 is 1.67 bits per heavy atom. The topological polar surface area (TPSA) is 130 Å². The van der Waals surface area contributed by atoms with Crippen LogP contribution < -0.4 is 5.90 Å². The molecule has 0 radical (unpaired) electrons. The molecule has 0 aliphatic carbocycles. The summed E-state index contributed by atoms with van der Waals surface area (Å²) in [7, 11) is 0. The van der Waals surface area contributed by atoms with E-state index in [1.54, 1.807) is 0 Å². The molecule has 66 valence electrons. The number of hydrogen-bond donors (Lipinski definition) is 4. The fourth-order valence-electron chi connectivity index (χ4n) is 0.397. The summed E-state index contributed by atoms with van der Waals surface area (Å²) in [6, 6.07) is 0. The van der Waals surface area contributed by atoms with Crippen LogP contribution in [0.3, 0.4) is 0 Å². The van der Waals surface area contributed by atoms with E-state index in [9.17, 15) is 9.59 Å². The van der Waals surface area contributed by atoms with Crippen molar-refractivity contribution in [2.45, 2.75) is 12.2 Å². The minimum atomic E-state index is -2.16. The van der Waals surface area contributed by atoms with Crippen molar-refractivity contribution in [1.29, 1.82) is 0 Å². The van der Waals surface area contributed by atoms with Gasteiger partial charge in [0, 0.05) is 0 Å². The van der Waals surface area contributed by atoms with Crippen LogP contribution in [-0.4, -0.2) is 90.9 Å². The van der Waals surface area contributed by atoms with E-state index in [2.05, 4.69) is 10.7 Å². The first-order chi connectivity index (χ1) is 5.00. The van der Waals surface area contributed by atoms with Gasteiger partial charge in [-0.3, -0.25) is 4.84 Å². The summed E-state index contributed by atoms with van der Waals surface area (Å²) in [4.78, 5) is 23.7. The molecule has 0 rings (SSSR count). The summed E-state index contributed by atoms with van der Waals surface area (Å²) in [6.45, 7) is 0. The normalized spacial score (nSPS) is 14.2. The van der Waals surface area contributed by atoms with Crippen molar-refractivity contribution in [2.75, 3.05) is 0 Å². The fraction of sp³-hybridized carbons (Fsp3) is 0.500. The average molecular weight is 205 g/mol. The predicted molar refractivity (Wildman–Crippen MR) is 37.5 cm³/mol. The van der Waals surface area contributed by atoms with Crippen LogP contribution in [0, 0.1) is 0 Å². The monoisotopic (exact) mass is 205 g/mol. The molecule has 5 N–H and O–H groups in total. The van der Waals surface area contributed by atoms with E-state index in [1.165, 1.54) is 0 Å². The number of carboxylic acid groups (broad SMARTS) is 2. The molecule has 0 heterocycles. The minimum absolute atomic E-state index is 0. The number of aliphatic hydroxyl groups is 1. The first kappa shape index (κ1) is 15.0. The average Bonchev–Trinajstić information content (AvgIpc) is 1.88. The molecule has 0 spiro atoms. The second-order valence-electron chi connectivity index (χ2n) is 1.68. The quantitative estimate of drug-likeness (QED) is 0.286. The number of aliphatic carboxylic acids is 2. The van der Waals surface area contributed by atoms with Crippen molar-refractivity contribution in [3.05, 3.63) is 0 Å². The summed E-state index contributed by atoms with van der Waals surface area (Å²) in [5.41, 5.74) is 0. The zero-order valence-corrected chi connectivity index (χ0v) is 5.30. The molecule has 0 saturated carbocycles. The second-order valence-corrected chi connectivity index (χ2v) is 1.68. The van der Waals surface area contributed by atoms with Crippen LogP contribution in [0.25, 0.3) is 0 Å². The standard InChI is InChI=1S/C4H7NO6.K.H/c5-11-2(4(9)10)1(6)3(7)8;;/h1-2,6H,5H2,(H,7,8)(H,9,10);;. The van der Waals surface area contributed by atoms with E-state index < -0.39 is 24.1 Å². The molecule has 0 saturated heterocycles. The van der Waals surface area contributed by atoms with Gasteiger partial charge in [0.25, 0.3) is 0 Å². The molecule has 0 aliphatic heterocycles. The number of aliphatic hydroxyl groups excluding tert-OH is 1. The van der Waals surface area contributed by atoms with Crippen LogP contribution in [0.4, 0.5) is 0 Å². The summed E-state index contributed by atoms with van der Waals surface area (Å²) in [5, 5.41) is 24.8.